The molecule has 2 amide bonds. The average Bonchev–Trinajstić information content (AvgIpc) is 2.69. The van der Waals surface area contributed by atoms with Crippen LogP contribution in [0.3, 0.4) is 0 Å². The Morgan fingerprint density at radius 1 is 1.60 bits per heavy atom. The Labute approximate surface area is 88.5 Å². The summed E-state index contributed by atoms with van der Waals surface area (Å²) in [6.07, 6.45) is 1.48. The monoisotopic (exact) mass is 212 g/mol. The molecule has 0 fully saturated rings. The highest BCUT2D eigenvalue weighted by molar-refractivity contribution is 5.73. The van der Waals surface area contributed by atoms with Crippen molar-refractivity contribution in [3.63, 3.8) is 0 Å². The summed E-state index contributed by atoms with van der Waals surface area (Å²) in [5.41, 5.74) is -1.19. The zero-order valence-electron chi connectivity index (χ0n) is 8.91. The highest BCUT2D eigenvalue weighted by atomic mass is 16.4. The van der Waals surface area contributed by atoms with Crippen molar-refractivity contribution >= 4 is 6.03 Å². The van der Waals surface area contributed by atoms with Crippen LogP contribution in [0, 0.1) is 0 Å². The Hall–Kier alpha value is -1.49. The van der Waals surface area contributed by atoms with Crippen molar-refractivity contribution in [3.05, 3.63) is 24.2 Å². The van der Waals surface area contributed by atoms with E-state index < -0.39 is 5.60 Å². The molecule has 1 rings (SSSR count). The summed E-state index contributed by atoms with van der Waals surface area (Å²) in [5, 5.41) is 15.1. The number of amides is 2. The number of aliphatic hydroxyl groups is 1. The molecule has 0 aromatic carbocycles. The van der Waals surface area contributed by atoms with Gasteiger partial charge in [0.2, 0.25) is 0 Å². The van der Waals surface area contributed by atoms with Gasteiger partial charge in [0.25, 0.3) is 0 Å². The van der Waals surface area contributed by atoms with Gasteiger partial charge in [-0.1, -0.05) is 0 Å². The average molecular weight is 212 g/mol. The predicted octanol–water partition coefficient (Wildman–Crippen LogP) is 0.806. The molecule has 1 unspecified atom stereocenters. The Balaban J connectivity index is 2.47. The van der Waals surface area contributed by atoms with E-state index in [1.165, 1.54) is 6.26 Å². The van der Waals surface area contributed by atoms with Crippen molar-refractivity contribution in [2.45, 2.75) is 19.4 Å². The first-order valence-corrected chi connectivity index (χ1v) is 4.84. The van der Waals surface area contributed by atoms with E-state index in [0.29, 0.717) is 12.3 Å². The number of carbonyl (C=O) groups is 1. The summed E-state index contributed by atoms with van der Waals surface area (Å²) in [5.74, 6) is 0.430. The van der Waals surface area contributed by atoms with Crippen LogP contribution in [0.1, 0.15) is 19.6 Å². The molecule has 1 aromatic rings. The highest BCUT2D eigenvalue weighted by Gasteiger charge is 2.26. The number of nitrogens with one attached hydrogen (secondary N) is 2. The van der Waals surface area contributed by atoms with E-state index in [-0.39, 0.29) is 12.6 Å². The summed E-state index contributed by atoms with van der Waals surface area (Å²) in [4.78, 5) is 11.1. The lowest BCUT2D eigenvalue weighted by atomic mass is 10.0. The van der Waals surface area contributed by atoms with Crippen LogP contribution in [0.4, 0.5) is 4.79 Å². The molecule has 1 atom stereocenters. The first kappa shape index (κ1) is 11.6. The number of hydrogen-bond donors (Lipinski definition) is 3. The Bertz CT molecular complexity index is 306. The maximum atomic E-state index is 11.1. The summed E-state index contributed by atoms with van der Waals surface area (Å²) < 4.78 is 5.07. The van der Waals surface area contributed by atoms with Gasteiger partial charge in [-0.3, -0.25) is 0 Å². The lowest BCUT2D eigenvalue weighted by molar-refractivity contribution is 0.0368. The first-order chi connectivity index (χ1) is 7.06. The van der Waals surface area contributed by atoms with Crippen LogP contribution in [0.15, 0.2) is 22.8 Å². The SMILES string of the molecule is CCNC(=O)NCC(C)(O)c1ccco1. The molecule has 3 N–H and O–H groups in total. The maximum Gasteiger partial charge on any atom is 0.314 e. The second kappa shape index (κ2) is 4.84. The number of rotatable bonds is 4. The van der Waals surface area contributed by atoms with Gasteiger partial charge in [0.15, 0.2) is 0 Å². The maximum absolute atomic E-state index is 11.1. The quantitative estimate of drug-likeness (QED) is 0.691. The van der Waals surface area contributed by atoms with E-state index in [2.05, 4.69) is 10.6 Å². The number of hydrogen-bond acceptors (Lipinski definition) is 3. The molecule has 0 aliphatic carbocycles. The van der Waals surface area contributed by atoms with Crippen molar-refractivity contribution in [1.82, 2.24) is 10.6 Å². The van der Waals surface area contributed by atoms with Gasteiger partial charge in [-0.25, -0.2) is 4.79 Å². The van der Waals surface area contributed by atoms with Gasteiger partial charge in [0, 0.05) is 6.54 Å². The lowest BCUT2D eigenvalue weighted by Gasteiger charge is -2.21. The number of urea groups is 1. The topological polar surface area (TPSA) is 74.5 Å². The van der Waals surface area contributed by atoms with Gasteiger partial charge < -0.3 is 20.2 Å². The Morgan fingerprint density at radius 2 is 2.33 bits per heavy atom. The van der Waals surface area contributed by atoms with Gasteiger partial charge >= 0.3 is 6.03 Å². The van der Waals surface area contributed by atoms with Crippen molar-refractivity contribution < 1.29 is 14.3 Å². The fourth-order valence-corrected chi connectivity index (χ4v) is 1.15. The van der Waals surface area contributed by atoms with Gasteiger partial charge in [-0.05, 0) is 26.0 Å². The molecule has 1 aromatic heterocycles. The minimum atomic E-state index is -1.19. The molecule has 5 heteroatoms. The molecular formula is C10H16N2O3. The number of carbonyl (C=O) groups excluding carboxylic acids is 1. The standard InChI is InChI=1S/C10H16N2O3/c1-3-11-9(13)12-7-10(2,14)8-5-4-6-15-8/h4-6,14H,3,7H2,1-2H3,(H2,11,12,13). The molecule has 5 nitrogen and oxygen atoms in total. The van der Waals surface area contributed by atoms with E-state index in [9.17, 15) is 9.90 Å². The summed E-state index contributed by atoms with van der Waals surface area (Å²) >= 11 is 0. The molecule has 15 heavy (non-hydrogen) atoms. The largest absolute Gasteiger partial charge is 0.466 e. The summed E-state index contributed by atoms with van der Waals surface area (Å²) in [6.45, 7) is 4.06. The van der Waals surface area contributed by atoms with Crippen LogP contribution < -0.4 is 10.6 Å². The van der Waals surface area contributed by atoms with Crippen LogP contribution >= 0.6 is 0 Å². The van der Waals surface area contributed by atoms with Crippen molar-refractivity contribution in [2.24, 2.45) is 0 Å². The fraction of sp³-hybridized carbons (Fsp3) is 0.500. The lowest BCUT2D eigenvalue weighted by Crippen LogP contribution is -2.43. The zero-order chi connectivity index (χ0) is 11.3. The fourth-order valence-electron chi connectivity index (χ4n) is 1.15. The van der Waals surface area contributed by atoms with Crippen LogP contribution in [-0.4, -0.2) is 24.2 Å². The molecule has 0 spiro atoms. The molecule has 0 saturated heterocycles. The summed E-state index contributed by atoms with van der Waals surface area (Å²) in [6, 6.07) is 3.05. The zero-order valence-corrected chi connectivity index (χ0v) is 8.91. The third-order valence-electron chi connectivity index (χ3n) is 1.98. The van der Waals surface area contributed by atoms with Gasteiger partial charge in [0.1, 0.15) is 11.4 Å². The molecule has 84 valence electrons. The Morgan fingerprint density at radius 3 is 2.87 bits per heavy atom. The molecule has 0 aliphatic heterocycles. The van der Waals surface area contributed by atoms with Crippen molar-refractivity contribution in [1.29, 1.82) is 0 Å². The highest BCUT2D eigenvalue weighted by Crippen LogP contribution is 2.19. The molecule has 1 heterocycles. The molecule has 0 saturated carbocycles. The van der Waals surface area contributed by atoms with E-state index >= 15 is 0 Å². The van der Waals surface area contributed by atoms with Crippen molar-refractivity contribution in [2.75, 3.05) is 13.1 Å². The minimum absolute atomic E-state index is 0.104. The second-order valence-electron chi connectivity index (χ2n) is 3.46. The summed E-state index contributed by atoms with van der Waals surface area (Å²) in [7, 11) is 0. The molecular weight excluding hydrogens is 196 g/mol. The Kier molecular flexibility index (Phi) is 3.74. The first-order valence-electron chi connectivity index (χ1n) is 4.84. The third kappa shape index (κ3) is 3.28. The predicted molar refractivity (Wildman–Crippen MR) is 55.4 cm³/mol. The molecule has 0 aliphatic rings. The molecule has 0 radical (unpaired) electrons. The molecule has 0 bridgehead atoms. The normalized spacial score (nSPS) is 14.3. The third-order valence-corrected chi connectivity index (χ3v) is 1.98. The van der Waals surface area contributed by atoms with Gasteiger partial charge in [0.05, 0.1) is 12.8 Å². The number of furan rings is 1. The second-order valence-corrected chi connectivity index (χ2v) is 3.46. The van der Waals surface area contributed by atoms with Crippen LogP contribution in [0.5, 0.6) is 0 Å². The van der Waals surface area contributed by atoms with Crippen LogP contribution in [-0.2, 0) is 5.60 Å². The van der Waals surface area contributed by atoms with Gasteiger partial charge in [-0.15, -0.1) is 0 Å². The minimum Gasteiger partial charge on any atom is -0.466 e. The van der Waals surface area contributed by atoms with Crippen LogP contribution in [0.2, 0.25) is 0 Å². The van der Waals surface area contributed by atoms with E-state index in [1.54, 1.807) is 19.1 Å². The van der Waals surface area contributed by atoms with E-state index in [0.717, 1.165) is 0 Å². The van der Waals surface area contributed by atoms with Gasteiger partial charge in [-0.2, -0.15) is 0 Å². The van der Waals surface area contributed by atoms with E-state index in [4.69, 9.17) is 4.42 Å². The van der Waals surface area contributed by atoms with Crippen LogP contribution in [0.25, 0.3) is 0 Å². The van der Waals surface area contributed by atoms with Crippen molar-refractivity contribution in [3.8, 4) is 0 Å². The van der Waals surface area contributed by atoms with E-state index in [1.807, 2.05) is 6.92 Å². The smallest absolute Gasteiger partial charge is 0.314 e.